The molecule has 8 heteroatoms. The first-order valence-electron chi connectivity index (χ1n) is 11.9. The molecule has 1 aliphatic heterocycles. The fourth-order valence-electron chi connectivity index (χ4n) is 4.42. The second-order valence-electron chi connectivity index (χ2n) is 9.06. The SMILES string of the molecule is CC(C)C(=O)N1CCC(c2nccnc2Oc2ccc(C(=O)c3nc4ccccc4[nH]3)cc2)CC1. The Kier molecular flexibility index (Phi) is 6.27. The van der Waals surface area contributed by atoms with E-state index >= 15 is 0 Å². The number of piperidine rings is 1. The van der Waals surface area contributed by atoms with E-state index in [9.17, 15) is 9.59 Å². The molecule has 2 aromatic heterocycles. The average Bonchev–Trinajstić information content (AvgIpc) is 3.33. The fraction of sp³-hybridized carbons (Fsp3) is 0.296. The van der Waals surface area contributed by atoms with Crippen LogP contribution in [0.1, 0.15) is 54.5 Å². The highest BCUT2D eigenvalue weighted by atomic mass is 16.5. The minimum Gasteiger partial charge on any atom is -0.437 e. The number of aromatic nitrogens is 4. The summed E-state index contributed by atoms with van der Waals surface area (Å²) >= 11 is 0. The van der Waals surface area contributed by atoms with Crippen LogP contribution in [-0.2, 0) is 4.79 Å². The number of H-pyrrole nitrogens is 1. The van der Waals surface area contributed by atoms with Crippen molar-refractivity contribution in [1.82, 2.24) is 24.8 Å². The van der Waals surface area contributed by atoms with Crippen molar-refractivity contribution >= 4 is 22.7 Å². The van der Waals surface area contributed by atoms with Crippen LogP contribution in [0.3, 0.4) is 0 Å². The van der Waals surface area contributed by atoms with Crippen molar-refractivity contribution in [2.45, 2.75) is 32.6 Å². The van der Waals surface area contributed by atoms with E-state index in [0.717, 1.165) is 29.6 Å². The second kappa shape index (κ2) is 9.66. The van der Waals surface area contributed by atoms with Gasteiger partial charge in [0.25, 0.3) is 0 Å². The number of imidazole rings is 1. The molecule has 0 saturated carbocycles. The lowest BCUT2D eigenvalue weighted by Gasteiger charge is -2.33. The molecule has 8 nitrogen and oxygen atoms in total. The minimum atomic E-state index is -0.185. The van der Waals surface area contributed by atoms with Crippen molar-refractivity contribution in [3.05, 3.63) is 78.0 Å². The molecule has 4 aromatic rings. The molecule has 1 fully saturated rings. The molecule has 0 spiro atoms. The third-order valence-electron chi connectivity index (χ3n) is 6.31. The number of carbonyl (C=O) groups excluding carboxylic acids is 2. The summed E-state index contributed by atoms with van der Waals surface area (Å²) in [6.45, 7) is 5.27. The maximum Gasteiger partial charge on any atom is 0.241 e. The summed E-state index contributed by atoms with van der Waals surface area (Å²) < 4.78 is 6.07. The predicted molar refractivity (Wildman–Crippen MR) is 131 cm³/mol. The van der Waals surface area contributed by atoms with Gasteiger partial charge in [-0.3, -0.25) is 14.6 Å². The predicted octanol–water partition coefficient (Wildman–Crippen LogP) is 4.74. The summed E-state index contributed by atoms with van der Waals surface area (Å²) in [6.07, 6.45) is 4.91. The van der Waals surface area contributed by atoms with E-state index in [1.54, 1.807) is 36.7 Å². The molecule has 0 aliphatic carbocycles. The van der Waals surface area contributed by atoms with Crippen LogP contribution in [0.2, 0.25) is 0 Å². The number of nitrogens with zero attached hydrogens (tertiary/aromatic N) is 4. The molecule has 0 bridgehead atoms. The molecule has 0 atom stereocenters. The second-order valence-corrected chi connectivity index (χ2v) is 9.06. The van der Waals surface area contributed by atoms with Gasteiger partial charge in [-0.05, 0) is 49.2 Å². The number of carbonyl (C=O) groups is 2. The Morgan fingerprint density at radius 2 is 1.71 bits per heavy atom. The molecule has 35 heavy (non-hydrogen) atoms. The number of benzene rings is 2. The summed E-state index contributed by atoms with van der Waals surface area (Å²) in [5, 5.41) is 0. The van der Waals surface area contributed by atoms with Crippen molar-refractivity contribution in [3.8, 4) is 11.6 Å². The molecule has 0 unspecified atom stereocenters. The van der Waals surface area contributed by atoms with Gasteiger partial charge >= 0.3 is 0 Å². The molecule has 5 rings (SSSR count). The number of amides is 1. The van der Waals surface area contributed by atoms with Gasteiger partial charge in [-0.1, -0.05) is 26.0 Å². The highest BCUT2D eigenvalue weighted by molar-refractivity contribution is 6.08. The van der Waals surface area contributed by atoms with Crippen LogP contribution in [0.4, 0.5) is 0 Å². The van der Waals surface area contributed by atoms with Crippen LogP contribution in [-0.4, -0.2) is 49.6 Å². The van der Waals surface area contributed by atoms with Gasteiger partial charge in [-0.15, -0.1) is 0 Å². The molecule has 1 saturated heterocycles. The molecular weight excluding hydrogens is 442 g/mol. The number of ketones is 1. The van der Waals surface area contributed by atoms with Crippen LogP contribution in [0, 0.1) is 5.92 Å². The summed E-state index contributed by atoms with van der Waals surface area (Å²) in [7, 11) is 0. The van der Waals surface area contributed by atoms with Crippen LogP contribution in [0.15, 0.2) is 60.9 Å². The van der Waals surface area contributed by atoms with Crippen molar-refractivity contribution in [1.29, 1.82) is 0 Å². The number of para-hydroxylation sites is 2. The Morgan fingerprint density at radius 3 is 2.43 bits per heavy atom. The van der Waals surface area contributed by atoms with Gasteiger partial charge < -0.3 is 14.6 Å². The van der Waals surface area contributed by atoms with Gasteiger partial charge in [0.1, 0.15) is 11.4 Å². The first-order chi connectivity index (χ1) is 17.0. The lowest BCUT2D eigenvalue weighted by Crippen LogP contribution is -2.40. The van der Waals surface area contributed by atoms with Gasteiger partial charge in [-0.2, -0.15) is 0 Å². The molecule has 0 radical (unpaired) electrons. The van der Waals surface area contributed by atoms with Crippen LogP contribution >= 0.6 is 0 Å². The Labute approximate surface area is 203 Å². The zero-order valence-electron chi connectivity index (χ0n) is 19.8. The van der Waals surface area contributed by atoms with E-state index < -0.39 is 0 Å². The van der Waals surface area contributed by atoms with E-state index in [2.05, 4.69) is 19.9 Å². The standard InChI is InChI=1S/C27H27N5O3/c1-17(2)27(34)32-15-11-18(12-16-32)23-26(29-14-13-28-23)35-20-9-7-19(8-10-20)24(33)25-30-21-5-3-4-6-22(21)31-25/h3-10,13-14,17-18H,11-12,15-16H2,1-2H3,(H,30,31). The maximum atomic E-state index is 12.9. The number of likely N-dealkylation sites (tertiary alicyclic amines) is 1. The molecular formula is C27H27N5O3. The van der Waals surface area contributed by atoms with Crippen molar-refractivity contribution in [3.63, 3.8) is 0 Å². The molecule has 1 N–H and O–H groups in total. The highest BCUT2D eigenvalue weighted by Gasteiger charge is 2.28. The van der Waals surface area contributed by atoms with Crippen LogP contribution in [0.25, 0.3) is 11.0 Å². The Hall–Kier alpha value is -4.07. The Morgan fingerprint density at radius 1 is 1.00 bits per heavy atom. The summed E-state index contributed by atoms with van der Waals surface area (Å²) in [5.41, 5.74) is 2.89. The lowest BCUT2D eigenvalue weighted by atomic mass is 9.92. The average molecular weight is 470 g/mol. The van der Waals surface area contributed by atoms with Crippen molar-refractivity contribution in [2.24, 2.45) is 5.92 Å². The van der Waals surface area contributed by atoms with Crippen LogP contribution in [0.5, 0.6) is 11.6 Å². The van der Waals surface area contributed by atoms with Gasteiger partial charge in [0.15, 0.2) is 5.82 Å². The molecule has 178 valence electrons. The fourth-order valence-corrected chi connectivity index (χ4v) is 4.42. The molecule has 1 amide bonds. The number of ether oxygens (including phenoxy) is 1. The number of aromatic amines is 1. The van der Waals surface area contributed by atoms with Crippen molar-refractivity contribution in [2.75, 3.05) is 13.1 Å². The lowest BCUT2D eigenvalue weighted by molar-refractivity contribution is -0.135. The van der Waals surface area contributed by atoms with Gasteiger partial charge in [0.05, 0.1) is 11.0 Å². The first kappa shape index (κ1) is 22.7. The maximum absolute atomic E-state index is 12.9. The number of hydrogen-bond donors (Lipinski definition) is 1. The normalized spacial score (nSPS) is 14.4. The van der Waals surface area contributed by atoms with Gasteiger partial charge in [0.2, 0.25) is 17.6 Å². The van der Waals surface area contributed by atoms with Gasteiger partial charge in [0, 0.05) is 42.9 Å². The van der Waals surface area contributed by atoms with Crippen molar-refractivity contribution < 1.29 is 14.3 Å². The third-order valence-corrected chi connectivity index (χ3v) is 6.31. The zero-order valence-corrected chi connectivity index (χ0v) is 19.8. The zero-order chi connectivity index (χ0) is 24.4. The topological polar surface area (TPSA) is 101 Å². The highest BCUT2D eigenvalue weighted by Crippen LogP contribution is 2.34. The van der Waals surface area contributed by atoms with Gasteiger partial charge in [-0.25, -0.2) is 9.97 Å². The Balaban J connectivity index is 1.28. The number of fused-ring (bicyclic) bond motifs is 1. The largest absolute Gasteiger partial charge is 0.437 e. The smallest absolute Gasteiger partial charge is 0.241 e. The molecule has 2 aromatic carbocycles. The van der Waals surface area contributed by atoms with E-state index in [0.29, 0.717) is 36.1 Å². The minimum absolute atomic E-state index is 0.00339. The number of hydrogen-bond acceptors (Lipinski definition) is 6. The Bertz CT molecular complexity index is 1320. The molecule has 3 heterocycles. The monoisotopic (exact) mass is 469 g/mol. The first-order valence-corrected chi connectivity index (χ1v) is 11.9. The number of nitrogens with one attached hydrogen (secondary N) is 1. The quantitative estimate of drug-likeness (QED) is 0.410. The van der Waals surface area contributed by atoms with E-state index in [1.807, 2.05) is 43.0 Å². The summed E-state index contributed by atoms with van der Waals surface area (Å²) in [6, 6.07) is 14.5. The summed E-state index contributed by atoms with van der Waals surface area (Å²) in [5.74, 6) is 1.51. The third kappa shape index (κ3) is 4.77. The van der Waals surface area contributed by atoms with Crippen LogP contribution < -0.4 is 4.74 Å². The van der Waals surface area contributed by atoms with E-state index in [1.165, 1.54) is 0 Å². The molecule has 1 aliphatic rings. The van der Waals surface area contributed by atoms with E-state index in [4.69, 9.17) is 4.74 Å². The van der Waals surface area contributed by atoms with E-state index in [-0.39, 0.29) is 23.5 Å². The number of rotatable bonds is 6. The summed E-state index contributed by atoms with van der Waals surface area (Å²) in [4.78, 5) is 43.5.